The molecule has 0 fully saturated rings. The Kier molecular flexibility index (Phi) is 4.45. The summed E-state index contributed by atoms with van der Waals surface area (Å²) in [5.41, 5.74) is 2.28. The maximum atomic E-state index is 12.3. The zero-order valence-electron chi connectivity index (χ0n) is 12.0. The van der Waals surface area contributed by atoms with Crippen LogP contribution in [0.3, 0.4) is 0 Å². The number of nitrogens with one attached hydrogen (secondary N) is 2. The first-order valence-electron chi connectivity index (χ1n) is 6.73. The molecular weight excluding hydrogens is 254 g/mol. The van der Waals surface area contributed by atoms with Gasteiger partial charge in [0.15, 0.2) is 0 Å². The Morgan fingerprint density at radius 2 is 2.20 bits per heavy atom. The summed E-state index contributed by atoms with van der Waals surface area (Å²) >= 11 is 0. The van der Waals surface area contributed by atoms with Crippen LogP contribution in [-0.2, 0) is 6.42 Å². The smallest absolute Gasteiger partial charge is 0.255 e. The van der Waals surface area contributed by atoms with Crippen molar-refractivity contribution in [3.63, 3.8) is 0 Å². The highest BCUT2D eigenvalue weighted by Crippen LogP contribution is 2.11. The highest BCUT2D eigenvalue weighted by molar-refractivity contribution is 5.95. The molecule has 1 amide bonds. The van der Waals surface area contributed by atoms with Gasteiger partial charge in [0.25, 0.3) is 5.91 Å². The van der Waals surface area contributed by atoms with Crippen molar-refractivity contribution in [3.8, 4) is 0 Å². The zero-order chi connectivity index (χ0) is 14.5. The fourth-order valence-electron chi connectivity index (χ4n) is 1.98. The molecule has 0 aliphatic carbocycles. The molecule has 1 unspecified atom stereocenters. The van der Waals surface area contributed by atoms with E-state index in [1.807, 2.05) is 13.8 Å². The molecule has 0 aliphatic heterocycles. The molecule has 6 heteroatoms. The van der Waals surface area contributed by atoms with Crippen molar-refractivity contribution in [2.24, 2.45) is 0 Å². The fourth-order valence-corrected chi connectivity index (χ4v) is 1.98. The van der Waals surface area contributed by atoms with E-state index in [-0.39, 0.29) is 11.9 Å². The second-order valence-electron chi connectivity index (χ2n) is 4.78. The molecule has 0 aromatic carbocycles. The lowest BCUT2D eigenvalue weighted by molar-refractivity contribution is 0.0936. The number of hydrogen-bond donors (Lipinski definition) is 2. The van der Waals surface area contributed by atoms with Crippen LogP contribution >= 0.6 is 0 Å². The van der Waals surface area contributed by atoms with Gasteiger partial charge in [0, 0.05) is 18.1 Å². The Hall–Kier alpha value is -2.24. The number of carbonyl (C=O) groups excluding carboxylic acids is 1. The van der Waals surface area contributed by atoms with Gasteiger partial charge in [-0.15, -0.1) is 0 Å². The highest BCUT2D eigenvalue weighted by atomic mass is 16.1. The first kappa shape index (κ1) is 14.2. The Labute approximate surface area is 118 Å². The predicted molar refractivity (Wildman–Crippen MR) is 75.2 cm³/mol. The average molecular weight is 273 g/mol. The maximum Gasteiger partial charge on any atom is 0.255 e. The molecule has 106 valence electrons. The Bertz CT molecular complexity index is 593. The van der Waals surface area contributed by atoms with Gasteiger partial charge in [-0.1, -0.05) is 13.3 Å². The number of aromatic nitrogens is 4. The largest absolute Gasteiger partial charge is 0.344 e. The number of carbonyl (C=O) groups is 1. The molecule has 0 spiro atoms. The summed E-state index contributed by atoms with van der Waals surface area (Å²) in [5, 5.41) is 2.91. The quantitative estimate of drug-likeness (QED) is 0.872. The molecule has 20 heavy (non-hydrogen) atoms. The average Bonchev–Trinajstić information content (AvgIpc) is 2.86. The number of nitrogens with zero attached hydrogens (tertiary/aromatic N) is 3. The molecule has 0 saturated carbocycles. The van der Waals surface area contributed by atoms with Gasteiger partial charge in [0.05, 0.1) is 17.3 Å². The van der Waals surface area contributed by atoms with Gasteiger partial charge in [-0.05, 0) is 20.3 Å². The van der Waals surface area contributed by atoms with E-state index >= 15 is 0 Å². The summed E-state index contributed by atoms with van der Waals surface area (Å²) in [6.07, 6.45) is 6.48. The van der Waals surface area contributed by atoms with E-state index < -0.39 is 0 Å². The van der Waals surface area contributed by atoms with Crippen molar-refractivity contribution < 1.29 is 4.79 Å². The number of hydrogen-bond acceptors (Lipinski definition) is 4. The summed E-state index contributed by atoms with van der Waals surface area (Å²) < 4.78 is 0. The Morgan fingerprint density at radius 1 is 1.40 bits per heavy atom. The lowest BCUT2D eigenvalue weighted by Crippen LogP contribution is -2.28. The third-order valence-electron chi connectivity index (χ3n) is 3.01. The standard InChI is InChI=1S/C14H19N5O/c1-4-5-12-11(7-15-8-17-12)14(20)19-10(3)13-16-6-9(2)18-13/h6-8,10H,4-5H2,1-3H3,(H,16,18)(H,19,20). The van der Waals surface area contributed by atoms with Crippen molar-refractivity contribution in [1.29, 1.82) is 0 Å². The summed E-state index contributed by atoms with van der Waals surface area (Å²) in [4.78, 5) is 27.7. The van der Waals surface area contributed by atoms with E-state index in [0.717, 1.165) is 30.1 Å². The highest BCUT2D eigenvalue weighted by Gasteiger charge is 2.17. The molecule has 6 nitrogen and oxygen atoms in total. The van der Waals surface area contributed by atoms with Crippen molar-refractivity contribution in [2.75, 3.05) is 0 Å². The molecule has 0 radical (unpaired) electrons. The van der Waals surface area contributed by atoms with Gasteiger partial charge in [-0.25, -0.2) is 15.0 Å². The van der Waals surface area contributed by atoms with Crippen LogP contribution < -0.4 is 5.32 Å². The van der Waals surface area contributed by atoms with Gasteiger partial charge in [0.1, 0.15) is 12.2 Å². The molecule has 2 heterocycles. The minimum Gasteiger partial charge on any atom is -0.344 e. The van der Waals surface area contributed by atoms with Crippen LogP contribution in [0.15, 0.2) is 18.7 Å². The van der Waals surface area contributed by atoms with Crippen LogP contribution in [0.1, 0.15) is 53.9 Å². The monoisotopic (exact) mass is 273 g/mol. The molecular formula is C14H19N5O. The normalized spacial score (nSPS) is 12.2. The predicted octanol–water partition coefficient (Wildman–Crippen LogP) is 1.95. The minimum absolute atomic E-state index is 0.171. The van der Waals surface area contributed by atoms with Gasteiger partial charge in [0.2, 0.25) is 0 Å². The lowest BCUT2D eigenvalue weighted by Gasteiger charge is -2.13. The second-order valence-corrected chi connectivity index (χ2v) is 4.78. The molecule has 1 atom stereocenters. The van der Waals surface area contributed by atoms with Crippen LogP contribution in [0.5, 0.6) is 0 Å². The van der Waals surface area contributed by atoms with Gasteiger partial charge in [-0.2, -0.15) is 0 Å². The molecule has 0 saturated heterocycles. The Morgan fingerprint density at radius 3 is 2.85 bits per heavy atom. The van der Waals surface area contributed by atoms with E-state index in [0.29, 0.717) is 5.56 Å². The van der Waals surface area contributed by atoms with E-state index in [9.17, 15) is 4.79 Å². The van der Waals surface area contributed by atoms with Gasteiger partial charge < -0.3 is 10.3 Å². The van der Waals surface area contributed by atoms with E-state index in [1.54, 1.807) is 12.4 Å². The third-order valence-corrected chi connectivity index (χ3v) is 3.01. The number of rotatable bonds is 5. The first-order valence-corrected chi connectivity index (χ1v) is 6.73. The number of aromatic amines is 1. The molecule has 2 rings (SSSR count). The maximum absolute atomic E-state index is 12.3. The van der Waals surface area contributed by atoms with Crippen LogP contribution in [0.4, 0.5) is 0 Å². The zero-order valence-corrected chi connectivity index (χ0v) is 12.0. The molecule has 0 aliphatic rings. The van der Waals surface area contributed by atoms with Crippen molar-refractivity contribution in [2.45, 2.75) is 39.7 Å². The van der Waals surface area contributed by atoms with Crippen LogP contribution in [0.2, 0.25) is 0 Å². The van der Waals surface area contributed by atoms with Crippen LogP contribution in [0.25, 0.3) is 0 Å². The summed E-state index contributed by atoms with van der Waals surface area (Å²) in [7, 11) is 0. The molecule has 0 bridgehead atoms. The van der Waals surface area contributed by atoms with Crippen molar-refractivity contribution in [3.05, 3.63) is 41.5 Å². The summed E-state index contributed by atoms with van der Waals surface area (Å²) in [6.45, 7) is 5.87. The molecule has 2 aromatic heterocycles. The number of amides is 1. The van der Waals surface area contributed by atoms with Crippen molar-refractivity contribution in [1.82, 2.24) is 25.3 Å². The SMILES string of the molecule is CCCc1ncncc1C(=O)NC(C)c1ncc(C)[nH]1. The number of imidazole rings is 1. The van der Waals surface area contributed by atoms with E-state index in [1.165, 1.54) is 6.33 Å². The molecule has 2 N–H and O–H groups in total. The van der Waals surface area contributed by atoms with Gasteiger partial charge >= 0.3 is 0 Å². The van der Waals surface area contributed by atoms with E-state index in [4.69, 9.17) is 0 Å². The third kappa shape index (κ3) is 3.20. The van der Waals surface area contributed by atoms with Crippen LogP contribution in [0, 0.1) is 6.92 Å². The molecule has 2 aromatic rings. The van der Waals surface area contributed by atoms with Gasteiger partial charge in [-0.3, -0.25) is 4.79 Å². The lowest BCUT2D eigenvalue weighted by atomic mass is 10.1. The number of H-pyrrole nitrogens is 1. The second kappa shape index (κ2) is 6.27. The topological polar surface area (TPSA) is 83.6 Å². The van der Waals surface area contributed by atoms with Crippen molar-refractivity contribution >= 4 is 5.91 Å². The number of aryl methyl sites for hydroxylation is 2. The minimum atomic E-state index is -0.189. The Balaban J connectivity index is 2.12. The fraction of sp³-hybridized carbons (Fsp3) is 0.429. The van der Waals surface area contributed by atoms with Crippen LogP contribution in [-0.4, -0.2) is 25.8 Å². The first-order chi connectivity index (χ1) is 9.61. The van der Waals surface area contributed by atoms with E-state index in [2.05, 4.69) is 32.2 Å². The summed E-state index contributed by atoms with van der Waals surface area (Å²) in [5.74, 6) is 0.570. The summed E-state index contributed by atoms with van der Waals surface area (Å²) in [6, 6.07) is -0.189.